The van der Waals surface area contributed by atoms with Crippen LogP contribution in [0.3, 0.4) is 0 Å². The van der Waals surface area contributed by atoms with E-state index in [2.05, 4.69) is 10.3 Å². The van der Waals surface area contributed by atoms with Crippen LogP contribution < -0.4 is 10.1 Å². The van der Waals surface area contributed by atoms with Gasteiger partial charge in [0.15, 0.2) is 0 Å². The van der Waals surface area contributed by atoms with E-state index in [1.54, 1.807) is 18.3 Å². The molecule has 3 rings (SSSR count). The maximum absolute atomic E-state index is 13.7. The van der Waals surface area contributed by atoms with E-state index in [4.69, 9.17) is 16.3 Å². The Morgan fingerprint density at radius 2 is 2.04 bits per heavy atom. The number of halogens is 2. The predicted molar refractivity (Wildman–Crippen MR) is 100 cm³/mol. The van der Waals surface area contributed by atoms with Crippen molar-refractivity contribution in [2.75, 3.05) is 0 Å². The molecule has 4 nitrogen and oxygen atoms in total. The fourth-order valence-corrected chi connectivity index (χ4v) is 3.10. The number of nitrogens with zero attached hydrogens (tertiary/aromatic N) is 1. The average Bonchev–Trinajstić information content (AvgIpc) is 3.14. The molecule has 0 radical (unpaired) electrons. The number of carbonyl (C=O) groups is 1. The highest BCUT2D eigenvalue weighted by atomic mass is 35.5. The van der Waals surface area contributed by atoms with Crippen LogP contribution in [0.5, 0.6) is 10.9 Å². The number of nitrogens with one attached hydrogen (secondary N) is 1. The van der Waals surface area contributed by atoms with Gasteiger partial charge in [-0.05, 0) is 36.2 Å². The van der Waals surface area contributed by atoms with E-state index in [-0.39, 0.29) is 24.6 Å². The molecule has 0 unspecified atom stereocenters. The minimum Gasteiger partial charge on any atom is -0.431 e. The molecule has 0 aliphatic rings. The summed E-state index contributed by atoms with van der Waals surface area (Å²) >= 11 is 7.38. The lowest BCUT2D eigenvalue weighted by Crippen LogP contribution is -2.23. The third-order valence-electron chi connectivity index (χ3n) is 3.69. The van der Waals surface area contributed by atoms with E-state index in [0.717, 1.165) is 5.56 Å². The molecule has 0 atom stereocenters. The molecular formula is C19H16ClFN2O2S. The summed E-state index contributed by atoms with van der Waals surface area (Å²) in [6, 6.07) is 11.9. The molecule has 0 saturated heterocycles. The Balaban J connectivity index is 1.47. The summed E-state index contributed by atoms with van der Waals surface area (Å²) in [5.41, 5.74) is 1.31. The number of thiazole rings is 1. The first-order valence-electron chi connectivity index (χ1n) is 7.97. The summed E-state index contributed by atoms with van der Waals surface area (Å²) in [5, 5.41) is 5.58. The summed E-state index contributed by atoms with van der Waals surface area (Å²) < 4.78 is 19.3. The number of ether oxygens (including phenoxy) is 1. The number of benzene rings is 2. The zero-order valence-corrected chi connectivity index (χ0v) is 15.3. The molecule has 0 aliphatic heterocycles. The van der Waals surface area contributed by atoms with Gasteiger partial charge < -0.3 is 10.1 Å². The van der Waals surface area contributed by atoms with E-state index in [9.17, 15) is 9.18 Å². The fraction of sp³-hybridized carbons (Fsp3) is 0.158. The third kappa shape index (κ3) is 5.03. The van der Waals surface area contributed by atoms with Gasteiger partial charge >= 0.3 is 0 Å². The van der Waals surface area contributed by atoms with Crippen LogP contribution in [-0.2, 0) is 17.8 Å². The summed E-state index contributed by atoms with van der Waals surface area (Å²) in [4.78, 5) is 16.0. The maximum Gasteiger partial charge on any atom is 0.278 e. The highest BCUT2D eigenvalue weighted by Crippen LogP contribution is 2.23. The Bertz CT molecular complexity index is 850. The van der Waals surface area contributed by atoms with Crippen LogP contribution in [0, 0.1) is 5.82 Å². The van der Waals surface area contributed by atoms with Crippen molar-refractivity contribution in [3.63, 3.8) is 0 Å². The van der Waals surface area contributed by atoms with Crippen molar-refractivity contribution in [2.24, 2.45) is 0 Å². The van der Waals surface area contributed by atoms with Gasteiger partial charge in [0.25, 0.3) is 5.19 Å². The lowest BCUT2D eigenvalue weighted by Gasteiger charge is -2.08. The van der Waals surface area contributed by atoms with Gasteiger partial charge in [0.05, 0.1) is 0 Å². The van der Waals surface area contributed by atoms with Gasteiger partial charge in [-0.25, -0.2) is 9.37 Å². The van der Waals surface area contributed by atoms with Gasteiger partial charge in [-0.1, -0.05) is 41.1 Å². The summed E-state index contributed by atoms with van der Waals surface area (Å²) in [6.45, 7) is 0.390. The van der Waals surface area contributed by atoms with Crippen molar-refractivity contribution in [1.29, 1.82) is 0 Å². The Kier molecular flexibility index (Phi) is 6.20. The Morgan fingerprint density at radius 3 is 2.73 bits per heavy atom. The molecule has 1 aromatic heterocycles. The highest BCUT2D eigenvalue weighted by molar-refractivity contribution is 7.11. The predicted octanol–water partition coefficient (Wildman–Crippen LogP) is 4.98. The monoisotopic (exact) mass is 390 g/mol. The van der Waals surface area contributed by atoms with E-state index in [1.165, 1.54) is 17.4 Å². The van der Waals surface area contributed by atoms with Crippen LogP contribution in [0.1, 0.15) is 17.5 Å². The number of amides is 1. The van der Waals surface area contributed by atoms with Gasteiger partial charge in [-0.15, -0.1) is 0 Å². The van der Waals surface area contributed by atoms with Gasteiger partial charge in [0, 0.05) is 35.1 Å². The van der Waals surface area contributed by atoms with E-state index in [1.807, 2.05) is 29.6 Å². The van der Waals surface area contributed by atoms with Gasteiger partial charge in [0.2, 0.25) is 5.91 Å². The Labute approximate surface area is 159 Å². The Hall–Kier alpha value is -2.44. The second-order valence-electron chi connectivity index (χ2n) is 5.52. The van der Waals surface area contributed by atoms with Crippen LogP contribution in [0.2, 0.25) is 5.02 Å². The minimum atomic E-state index is -0.388. The first kappa shape index (κ1) is 18.4. The second-order valence-corrected chi connectivity index (χ2v) is 6.79. The topological polar surface area (TPSA) is 51.2 Å². The number of aromatic nitrogens is 1. The van der Waals surface area contributed by atoms with E-state index in [0.29, 0.717) is 28.1 Å². The normalized spacial score (nSPS) is 10.5. The maximum atomic E-state index is 13.7. The van der Waals surface area contributed by atoms with Gasteiger partial charge in [-0.3, -0.25) is 4.79 Å². The molecule has 26 heavy (non-hydrogen) atoms. The molecule has 0 saturated carbocycles. The number of carbonyl (C=O) groups excluding carboxylic acids is 1. The molecule has 0 aliphatic carbocycles. The molecule has 2 aromatic carbocycles. The van der Waals surface area contributed by atoms with E-state index < -0.39 is 0 Å². The van der Waals surface area contributed by atoms with Crippen molar-refractivity contribution in [2.45, 2.75) is 19.4 Å². The molecule has 0 fully saturated rings. The largest absolute Gasteiger partial charge is 0.431 e. The minimum absolute atomic E-state index is 0.160. The average molecular weight is 391 g/mol. The van der Waals surface area contributed by atoms with Crippen molar-refractivity contribution in [3.8, 4) is 10.9 Å². The number of hydrogen-bond donors (Lipinski definition) is 1. The fourth-order valence-electron chi connectivity index (χ4n) is 2.34. The number of rotatable bonds is 7. The molecule has 7 heteroatoms. The lowest BCUT2D eigenvalue weighted by atomic mass is 10.1. The quantitative estimate of drug-likeness (QED) is 0.619. The SMILES string of the molecule is O=C(CCc1c(F)cccc1Cl)NCc1ccc(Oc2nccs2)cc1. The second kappa shape index (κ2) is 8.78. The van der Waals surface area contributed by atoms with Crippen molar-refractivity contribution >= 4 is 28.8 Å². The number of hydrogen-bond acceptors (Lipinski definition) is 4. The van der Waals surface area contributed by atoms with Crippen LogP contribution in [-0.4, -0.2) is 10.9 Å². The first-order chi connectivity index (χ1) is 12.6. The van der Waals surface area contributed by atoms with Crippen LogP contribution in [0.4, 0.5) is 4.39 Å². The Morgan fingerprint density at radius 1 is 1.23 bits per heavy atom. The summed E-state index contributed by atoms with van der Waals surface area (Å²) in [7, 11) is 0. The third-order valence-corrected chi connectivity index (χ3v) is 4.69. The van der Waals surface area contributed by atoms with Gasteiger partial charge in [0.1, 0.15) is 11.6 Å². The standard InChI is InChI=1S/C19H16ClFN2O2S/c20-16-2-1-3-17(21)15(16)8-9-18(24)23-12-13-4-6-14(7-5-13)25-19-22-10-11-26-19/h1-7,10-11H,8-9,12H2,(H,23,24). The lowest BCUT2D eigenvalue weighted by molar-refractivity contribution is -0.121. The van der Waals surface area contributed by atoms with Crippen LogP contribution >= 0.6 is 22.9 Å². The molecule has 1 amide bonds. The molecule has 0 bridgehead atoms. The van der Waals surface area contributed by atoms with Crippen molar-refractivity contribution < 1.29 is 13.9 Å². The molecule has 3 aromatic rings. The van der Waals surface area contributed by atoms with Crippen LogP contribution in [0.15, 0.2) is 54.0 Å². The zero-order chi connectivity index (χ0) is 18.4. The van der Waals surface area contributed by atoms with Gasteiger partial charge in [-0.2, -0.15) is 0 Å². The van der Waals surface area contributed by atoms with Crippen LogP contribution in [0.25, 0.3) is 0 Å². The molecule has 1 N–H and O–H groups in total. The van der Waals surface area contributed by atoms with Crippen molar-refractivity contribution in [1.82, 2.24) is 10.3 Å². The molecular weight excluding hydrogens is 375 g/mol. The summed E-state index contributed by atoms with van der Waals surface area (Å²) in [6.07, 6.45) is 2.11. The van der Waals surface area contributed by atoms with E-state index >= 15 is 0 Å². The molecule has 134 valence electrons. The first-order valence-corrected chi connectivity index (χ1v) is 9.23. The highest BCUT2D eigenvalue weighted by Gasteiger charge is 2.09. The molecule has 0 spiro atoms. The smallest absolute Gasteiger partial charge is 0.278 e. The molecule has 1 heterocycles. The van der Waals surface area contributed by atoms with Crippen molar-refractivity contribution in [3.05, 3.63) is 76.0 Å². The summed E-state index contributed by atoms with van der Waals surface area (Å²) in [5.74, 6) is 0.137. The zero-order valence-electron chi connectivity index (χ0n) is 13.7.